The summed E-state index contributed by atoms with van der Waals surface area (Å²) < 4.78 is 1.04. The van der Waals surface area contributed by atoms with Gasteiger partial charge in [0.1, 0.15) is 0 Å². The van der Waals surface area contributed by atoms with Gasteiger partial charge in [-0.15, -0.1) is 0 Å². The molecule has 0 amide bonds. The van der Waals surface area contributed by atoms with Crippen LogP contribution in [0.1, 0.15) is 118 Å². The average Bonchev–Trinajstić information content (AvgIpc) is 2.69. The molecule has 30 heavy (non-hydrogen) atoms. The zero-order chi connectivity index (χ0) is 21.2. The van der Waals surface area contributed by atoms with Crippen LogP contribution in [0.3, 0.4) is 0 Å². The molecule has 0 aliphatic rings. The fourth-order valence-corrected chi connectivity index (χ4v) is 4.17. The minimum atomic E-state index is 0. The van der Waals surface area contributed by atoms with Crippen molar-refractivity contribution in [3.05, 3.63) is 9.54 Å². The van der Waals surface area contributed by atoms with Crippen molar-refractivity contribution in [1.82, 2.24) is 15.0 Å². The summed E-state index contributed by atoms with van der Waals surface area (Å²) in [7, 11) is 0. The molecule has 0 saturated heterocycles. The second-order valence-electron chi connectivity index (χ2n) is 8.26. The summed E-state index contributed by atoms with van der Waals surface area (Å²) in [5.74, 6) is 0.838. The van der Waals surface area contributed by atoms with Crippen molar-refractivity contribution in [1.29, 1.82) is 0 Å². The van der Waals surface area contributed by atoms with Gasteiger partial charge in [-0.1, -0.05) is 104 Å². The molecule has 1 rings (SSSR count). The Morgan fingerprint density at radius 1 is 0.667 bits per heavy atom. The van der Waals surface area contributed by atoms with Gasteiger partial charge in [-0.2, -0.15) is 4.98 Å². The van der Waals surface area contributed by atoms with Gasteiger partial charge in [0.05, 0.1) is 0 Å². The number of aromatic nitrogens is 3. The van der Waals surface area contributed by atoms with Crippen LogP contribution in [-0.4, -0.2) is 28.0 Å². The zero-order valence-electron chi connectivity index (χ0n) is 20.9. The van der Waals surface area contributed by atoms with Crippen LogP contribution in [0.4, 0.5) is 5.95 Å². The number of hydrogen-bond donors (Lipinski definition) is 2. The van der Waals surface area contributed by atoms with Gasteiger partial charge in [-0.05, 0) is 37.3 Å². The predicted octanol–water partition coefficient (Wildman–Crippen LogP) is 5.40. The first-order valence-corrected chi connectivity index (χ1v) is 12.9. The molecule has 0 unspecified atom stereocenters. The standard InChI is InChI=1S/C23H44N4S2.Na.H/c1-3-5-7-9-11-13-15-17-19-27(21-24-22(28)26-23(29)25-21)20-18-16-14-12-10-8-6-4-2;;/h3-20H2,1-2H3,(H2,24,25,26,28,29);;/q;+1;-1. The van der Waals surface area contributed by atoms with Crippen LogP contribution in [0.2, 0.25) is 0 Å². The van der Waals surface area contributed by atoms with E-state index in [1.807, 2.05) is 0 Å². The maximum Gasteiger partial charge on any atom is 1.00 e. The Morgan fingerprint density at radius 3 is 1.47 bits per heavy atom. The average molecular weight is 465 g/mol. The molecular weight excluding hydrogens is 419 g/mol. The summed E-state index contributed by atoms with van der Waals surface area (Å²) in [6.45, 7) is 6.61. The van der Waals surface area contributed by atoms with Crippen molar-refractivity contribution in [2.75, 3.05) is 18.0 Å². The first-order chi connectivity index (χ1) is 14.2. The Morgan fingerprint density at radius 2 is 1.07 bits per heavy atom. The van der Waals surface area contributed by atoms with Crippen molar-refractivity contribution in [3.63, 3.8) is 0 Å². The van der Waals surface area contributed by atoms with E-state index in [4.69, 9.17) is 24.4 Å². The molecule has 7 heteroatoms. The second-order valence-corrected chi connectivity index (χ2v) is 9.05. The quantitative estimate of drug-likeness (QED) is 0.163. The molecule has 0 aliphatic carbocycles. The van der Waals surface area contributed by atoms with Crippen LogP contribution in [0, 0.1) is 9.54 Å². The summed E-state index contributed by atoms with van der Waals surface area (Å²) in [5.41, 5.74) is 0. The molecule has 4 nitrogen and oxygen atoms in total. The molecule has 0 atom stereocenters. The minimum Gasteiger partial charge on any atom is -1.00 e. The van der Waals surface area contributed by atoms with Crippen molar-refractivity contribution in [2.24, 2.45) is 0 Å². The number of nitrogens with one attached hydrogen (secondary N) is 2. The van der Waals surface area contributed by atoms with Gasteiger partial charge in [0.15, 0.2) is 4.77 Å². The fraction of sp³-hybridized carbons (Fsp3) is 0.870. The van der Waals surface area contributed by atoms with E-state index in [0.717, 1.165) is 19.0 Å². The molecule has 1 aromatic heterocycles. The molecule has 2 N–H and O–H groups in total. The normalized spacial score (nSPS) is 10.7. The molecule has 0 fully saturated rings. The number of unbranched alkanes of at least 4 members (excludes halogenated alkanes) is 14. The first kappa shape index (κ1) is 30.2. The number of aromatic amines is 2. The second kappa shape index (κ2) is 21.1. The van der Waals surface area contributed by atoms with Gasteiger partial charge in [0.2, 0.25) is 10.7 Å². The topological polar surface area (TPSA) is 47.7 Å². The van der Waals surface area contributed by atoms with Gasteiger partial charge >= 0.3 is 29.6 Å². The Labute approximate surface area is 219 Å². The first-order valence-electron chi connectivity index (χ1n) is 12.1. The van der Waals surface area contributed by atoms with Crippen molar-refractivity contribution in [3.8, 4) is 0 Å². The van der Waals surface area contributed by atoms with E-state index in [2.05, 4.69) is 33.7 Å². The Hall–Kier alpha value is 0.250. The van der Waals surface area contributed by atoms with E-state index in [-0.39, 0.29) is 31.0 Å². The summed E-state index contributed by atoms with van der Waals surface area (Å²) in [5, 5.41) is 0. The van der Waals surface area contributed by atoms with Crippen molar-refractivity contribution < 1.29 is 31.0 Å². The van der Waals surface area contributed by atoms with Gasteiger partial charge in [-0.3, -0.25) is 0 Å². The molecule has 0 spiro atoms. The van der Waals surface area contributed by atoms with Crippen LogP contribution < -0.4 is 34.5 Å². The van der Waals surface area contributed by atoms with E-state index in [9.17, 15) is 0 Å². The molecule has 0 aromatic carbocycles. The van der Waals surface area contributed by atoms with Gasteiger partial charge in [-0.25, -0.2) is 0 Å². The van der Waals surface area contributed by atoms with Crippen LogP contribution in [0.25, 0.3) is 0 Å². The summed E-state index contributed by atoms with van der Waals surface area (Å²) in [6, 6.07) is 0. The van der Waals surface area contributed by atoms with Crippen molar-refractivity contribution >= 4 is 30.4 Å². The number of hydrogen-bond acceptors (Lipinski definition) is 4. The molecule has 0 saturated carbocycles. The fourth-order valence-electron chi connectivity index (χ4n) is 3.73. The van der Waals surface area contributed by atoms with Crippen molar-refractivity contribution in [2.45, 2.75) is 117 Å². The smallest absolute Gasteiger partial charge is 1.00 e. The van der Waals surface area contributed by atoms with Crippen LogP contribution >= 0.6 is 24.4 Å². The third-order valence-corrected chi connectivity index (χ3v) is 5.91. The number of nitrogens with zero attached hydrogens (tertiary/aromatic N) is 2. The molecule has 0 radical (unpaired) electrons. The maximum atomic E-state index is 5.27. The summed E-state index contributed by atoms with van der Waals surface area (Å²) in [4.78, 5) is 13.0. The number of rotatable bonds is 19. The number of anilines is 1. The monoisotopic (exact) mass is 464 g/mol. The molecule has 1 heterocycles. The van der Waals surface area contributed by atoms with E-state index in [1.54, 1.807) is 0 Å². The van der Waals surface area contributed by atoms with E-state index < -0.39 is 0 Å². The van der Waals surface area contributed by atoms with E-state index in [1.165, 1.54) is 103 Å². The Kier molecular flexibility index (Phi) is 21.3. The molecule has 0 aliphatic heterocycles. The number of H-pyrrole nitrogens is 2. The SMILES string of the molecule is CCCCCCCCCCN(CCCCCCCCCC)c1nc(=S)[nH]c(=S)[nH]1.[H-].[Na+]. The van der Waals surface area contributed by atoms with Gasteiger partial charge in [0, 0.05) is 13.1 Å². The van der Waals surface area contributed by atoms with E-state index in [0.29, 0.717) is 9.54 Å². The minimum absolute atomic E-state index is 0. The summed E-state index contributed by atoms with van der Waals surface area (Å²) >= 11 is 10.5. The Bertz CT molecular complexity index is 576. The van der Waals surface area contributed by atoms with Crippen LogP contribution in [0.15, 0.2) is 0 Å². The third kappa shape index (κ3) is 16.0. The van der Waals surface area contributed by atoms with E-state index >= 15 is 0 Å². The summed E-state index contributed by atoms with van der Waals surface area (Å²) in [6.07, 6.45) is 21.4. The Balaban J connectivity index is 0. The zero-order valence-corrected chi connectivity index (χ0v) is 23.6. The van der Waals surface area contributed by atoms with Gasteiger partial charge in [0.25, 0.3) is 0 Å². The van der Waals surface area contributed by atoms with Crippen LogP contribution in [0.5, 0.6) is 0 Å². The van der Waals surface area contributed by atoms with Gasteiger partial charge < -0.3 is 16.3 Å². The predicted molar refractivity (Wildman–Crippen MR) is 133 cm³/mol. The molecular formula is C23H45N4NaS2. The third-order valence-electron chi connectivity index (χ3n) is 5.52. The van der Waals surface area contributed by atoms with Crippen LogP contribution in [-0.2, 0) is 0 Å². The molecule has 0 bridgehead atoms. The maximum absolute atomic E-state index is 5.27. The molecule has 1 aromatic rings. The largest absolute Gasteiger partial charge is 1.00 e. The molecule has 170 valence electrons.